The summed E-state index contributed by atoms with van der Waals surface area (Å²) in [6, 6.07) is 8.71. The molecule has 0 bridgehead atoms. The van der Waals surface area contributed by atoms with Crippen molar-refractivity contribution in [3.05, 3.63) is 58.7 Å². The van der Waals surface area contributed by atoms with Gasteiger partial charge >= 0.3 is 0 Å². The maximum Gasteiger partial charge on any atom is 0.165 e. The lowest BCUT2D eigenvalue weighted by molar-refractivity contribution is 0.0936. The fourth-order valence-corrected chi connectivity index (χ4v) is 3.84. The topological polar surface area (TPSA) is 20.3 Å². The van der Waals surface area contributed by atoms with Crippen LogP contribution in [0.5, 0.6) is 0 Å². The molecule has 2 aliphatic carbocycles. The van der Waals surface area contributed by atoms with E-state index in [1.165, 1.54) is 16.7 Å². The molecule has 0 N–H and O–H groups in total. The minimum absolute atomic E-state index is 0.208. The summed E-state index contributed by atoms with van der Waals surface area (Å²) in [4.78, 5) is 14.7. The Morgan fingerprint density at radius 1 is 1.30 bits per heavy atom. The van der Waals surface area contributed by atoms with Crippen LogP contribution in [0, 0.1) is 12.3 Å². The van der Waals surface area contributed by atoms with Crippen LogP contribution in [-0.4, -0.2) is 23.8 Å². The molecule has 0 heterocycles. The number of benzene rings is 1. The molecule has 1 aromatic rings. The molecular formula is C21H23NO. The summed E-state index contributed by atoms with van der Waals surface area (Å²) in [5.41, 5.74) is 4.87. The van der Waals surface area contributed by atoms with Crippen molar-refractivity contribution in [3.63, 3.8) is 0 Å². The van der Waals surface area contributed by atoms with Gasteiger partial charge in [-0.1, -0.05) is 41.8 Å². The highest BCUT2D eigenvalue weighted by molar-refractivity contribution is 6.01. The zero-order valence-electron chi connectivity index (χ0n) is 13.9. The van der Waals surface area contributed by atoms with Crippen LogP contribution in [0.3, 0.4) is 0 Å². The van der Waals surface area contributed by atoms with Crippen molar-refractivity contribution >= 4 is 5.78 Å². The molecular weight excluding hydrogens is 282 g/mol. The molecule has 0 aromatic heterocycles. The van der Waals surface area contributed by atoms with Crippen molar-refractivity contribution in [1.29, 1.82) is 0 Å². The van der Waals surface area contributed by atoms with Crippen molar-refractivity contribution < 1.29 is 4.79 Å². The van der Waals surface area contributed by atoms with E-state index in [1.54, 1.807) is 6.08 Å². The van der Waals surface area contributed by atoms with Gasteiger partial charge in [-0.25, -0.2) is 0 Å². The second-order valence-electron chi connectivity index (χ2n) is 6.60. The Morgan fingerprint density at radius 3 is 2.87 bits per heavy atom. The molecule has 2 atom stereocenters. The van der Waals surface area contributed by atoms with Crippen molar-refractivity contribution in [1.82, 2.24) is 4.90 Å². The first-order valence-electron chi connectivity index (χ1n) is 8.27. The van der Waals surface area contributed by atoms with Crippen LogP contribution in [0.2, 0.25) is 0 Å². The number of fused-ring (bicyclic) bond motifs is 1. The second-order valence-corrected chi connectivity index (χ2v) is 6.60. The van der Waals surface area contributed by atoms with Crippen LogP contribution in [-0.2, 0) is 0 Å². The lowest BCUT2D eigenvalue weighted by atomic mass is 9.87. The highest BCUT2D eigenvalue weighted by atomic mass is 16.1. The van der Waals surface area contributed by atoms with Gasteiger partial charge in [0.05, 0.1) is 0 Å². The molecule has 2 aliphatic rings. The summed E-state index contributed by atoms with van der Waals surface area (Å²) in [6.07, 6.45) is 13.1. The van der Waals surface area contributed by atoms with Crippen molar-refractivity contribution in [2.24, 2.45) is 0 Å². The van der Waals surface area contributed by atoms with Gasteiger partial charge in [-0.2, -0.15) is 0 Å². The smallest absolute Gasteiger partial charge is 0.165 e. The molecule has 0 saturated heterocycles. The SMILES string of the molecule is C#C/C=C\C1=C(C)CCC(N(C)C2CC(=O)c3ccccc32)C1. The van der Waals surface area contributed by atoms with Gasteiger partial charge < -0.3 is 0 Å². The molecule has 0 fully saturated rings. The standard InChI is InChI=1S/C21H23NO/c1-4-5-8-16-13-17(12-11-15(16)2)22(3)20-14-21(23)19-10-7-6-9-18(19)20/h1,5-10,17,20H,11-14H2,2-3H3/b8-5-. The molecule has 3 rings (SSSR count). The van der Waals surface area contributed by atoms with Crippen LogP contribution < -0.4 is 0 Å². The normalized spacial score (nSPS) is 24.3. The summed E-state index contributed by atoms with van der Waals surface area (Å²) in [7, 11) is 2.16. The van der Waals surface area contributed by atoms with E-state index in [2.05, 4.69) is 36.9 Å². The lowest BCUT2D eigenvalue weighted by Crippen LogP contribution is -2.36. The lowest BCUT2D eigenvalue weighted by Gasteiger charge is -2.36. The Labute approximate surface area is 138 Å². The molecule has 2 nitrogen and oxygen atoms in total. The Hall–Kier alpha value is -2.11. The summed E-state index contributed by atoms with van der Waals surface area (Å²) in [5, 5.41) is 0. The fraction of sp³-hybridized carbons (Fsp3) is 0.381. The fourth-order valence-electron chi connectivity index (χ4n) is 3.84. The zero-order valence-corrected chi connectivity index (χ0v) is 13.9. The van der Waals surface area contributed by atoms with Gasteiger partial charge in [0.15, 0.2) is 5.78 Å². The van der Waals surface area contributed by atoms with Crippen LogP contribution >= 0.6 is 0 Å². The molecule has 2 unspecified atom stereocenters. The van der Waals surface area contributed by atoms with Crippen LogP contribution in [0.15, 0.2) is 47.6 Å². The van der Waals surface area contributed by atoms with E-state index in [1.807, 2.05) is 18.2 Å². The molecule has 0 saturated carbocycles. The first-order valence-corrected chi connectivity index (χ1v) is 8.27. The highest BCUT2D eigenvalue weighted by Crippen LogP contribution is 2.39. The Kier molecular flexibility index (Phi) is 4.50. The summed E-state index contributed by atoms with van der Waals surface area (Å²) >= 11 is 0. The minimum atomic E-state index is 0.208. The highest BCUT2D eigenvalue weighted by Gasteiger charge is 2.35. The Bertz CT molecular complexity index is 720. The molecule has 23 heavy (non-hydrogen) atoms. The molecule has 2 heteroatoms. The van der Waals surface area contributed by atoms with E-state index in [0.29, 0.717) is 12.5 Å². The quantitative estimate of drug-likeness (QED) is 0.776. The van der Waals surface area contributed by atoms with Gasteiger partial charge in [-0.05, 0) is 50.4 Å². The molecule has 0 radical (unpaired) electrons. The predicted octanol–water partition coefficient (Wildman–Crippen LogP) is 4.30. The third-order valence-electron chi connectivity index (χ3n) is 5.30. The van der Waals surface area contributed by atoms with Crippen LogP contribution in [0.1, 0.15) is 54.6 Å². The summed E-state index contributed by atoms with van der Waals surface area (Å²) in [5.74, 6) is 2.85. The number of terminal acetylenes is 1. The van der Waals surface area contributed by atoms with E-state index in [4.69, 9.17) is 6.42 Å². The minimum Gasteiger partial charge on any atom is -0.296 e. The first-order chi connectivity index (χ1) is 11.1. The number of Topliss-reactive ketones (excluding diaryl/α,β-unsaturated/α-hetero) is 1. The maximum absolute atomic E-state index is 12.3. The largest absolute Gasteiger partial charge is 0.296 e. The second kappa shape index (κ2) is 6.56. The number of hydrogen-bond donors (Lipinski definition) is 0. The van der Waals surface area contributed by atoms with Gasteiger partial charge in [-0.3, -0.25) is 9.69 Å². The molecule has 0 aliphatic heterocycles. The third-order valence-corrected chi connectivity index (χ3v) is 5.30. The Balaban J connectivity index is 1.80. The summed E-state index contributed by atoms with van der Waals surface area (Å²) < 4.78 is 0. The molecule has 118 valence electrons. The third kappa shape index (κ3) is 3.02. The van der Waals surface area contributed by atoms with E-state index >= 15 is 0 Å². The van der Waals surface area contributed by atoms with E-state index in [0.717, 1.165) is 24.8 Å². The number of rotatable bonds is 3. The van der Waals surface area contributed by atoms with Gasteiger partial charge in [0.2, 0.25) is 0 Å². The van der Waals surface area contributed by atoms with Gasteiger partial charge in [-0.15, -0.1) is 6.42 Å². The number of nitrogens with zero attached hydrogens (tertiary/aromatic N) is 1. The van der Waals surface area contributed by atoms with Gasteiger partial charge in [0, 0.05) is 24.1 Å². The number of hydrogen-bond acceptors (Lipinski definition) is 2. The number of carbonyl (C=O) groups excluding carboxylic acids is 1. The average molecular weight is 305 g/mol. The van der Waals surface area contributed by atoms with Gasteiger partial charge in [0.1, 0.15) is 0 Å². The summed E-state index contributed by atoms with van der Waals surface area (Å²) in [6.45, 7) is 2.20. The average Bonchev–Trinajstić information content (AvgIpc) is 2.91. The van der Waals surface area contributed by atoms with Gasteiger partial charge in [0.25, 0.3) is 0 Å². The van der Waals surface area contributed by atoms with E-state index in [-0.39, 0.29) is 11.8 Å². The number of carbonyl (C=O) groups is 1. The van der Waals surface area contributed by atoms with Crippen molar-refractivity contribution in [3.8, 4) is 12.3 Å². The van der Waals surface area contributed by atoms with E-state index < -0.39 is 0 Å². The molecule has 0 spiro atoms. The number of allylic oxidation sites excluding steroid dienone is 3. The van der Waals surface area contributed by atoms with Crippen molar-refractivity contribution in [2.45, 2.75) is 44.7 Å². The first kappa shape index (κ1) is 15.8. The van der Waals surface area contributed by atoms with Crippen LogP contribution in [0.25, 0.3) is 0 Å². The maximum atomic E-state index is 12.3. The zero-order chi connectivity index (χ0) is 16.4. The Morgan fingerprint density at radius 2 is 2.09 bits per heavy atom. The molecule has 1 aromatic carbocycles. The van der Waals surface area contributed by atoms with E-state index in [9.17, 15) is 4.79 Å². The number of ketones is 1. The predicted molar refractivity (Wildman–Crippen MR) is 94.2 cm³/mol. The van der Waals surface area contributed by atoms with Crippen LogP contribution in [0.4, 0.5) is 0 Å². The van der Waals surface area contributed by atoms with Crippen molar-refractivity contribution in [2.75, 3.05) is 7.05 Å². The molecule has 0 amide bonds. The monoisotopic (exact) mass is 305 g/mol.